The minimum absolute atomic E-state index is 0.101. The highest BCUT2D eigenvalue weighted by Crippen LogP contribution is 2.30. The molecule has 42 heavy (non-hydrogen) atoms. The minimum Gasteiger partial charge on any atom is -0.311 e. The van der Waals surface area contributed by atoms with Gasteiger partial charge in [-0.25, -0.2) is 9.48 Å². The van der Waals surface area contributed by atoms with E-state index in [-0.39, 0.29) is 24.2 Å². The van der Waals surface area contributed by atoms with Gasteiger partial charge in [0.25, 0.3) is 0 Å². The smallest absolute Gasteiger partial charge is 0.311 e. The van der Waals surface area contributed by atoms with Crippen molar-refractivity contribution in [3.05, 3.63) is 107 Å². The van der Waals surface area contributed by atoms with Crippen LogP contribution in [0.3, 0.4) is 0 Å². The molecule has 2 N–H and O–H groups in total. The quantitative estimate of drug-likeness (QED) is 0.239. The number of halogens is 3. The van der Waals surface area contributed by atoms with Crippen molar-refractivity contribution in [3.8, 4) is 5.69 Å². The highest BCUT2D eigenvalue weighted by Gasteiger charge is 2.30. The molecule has 1 aromatic heterocycles. The molecule has 7 nitrogen and oxygen atoms in total. The van der Waals surface area contributed by atoms with Gasteiger partial charge in [0, 0.05) is 23.7 Å². The number of carbonyl (C=O) groups is 2. The zero-order valence-corrected chi connectivity index (χ0v) is 24.2. The molecule has 0 aliphatic carbocycles. The Hall–Kier alpha value is -4.60. The summed E-state index contributed by atoms with van der Waals surface area (Å²) >= 11 is 0. The summed E-state index contributed by atoms with van der Waals surface area (Å²) in [7, 11) is 0. The van der Waals surface area contributed by atoms with Crippen molar-refractivity contribution < 1.29 is 22.8 Å². The van der Waals surface area contributed by atoms with Gasteiger partial charge in [-0.1, -0.05) is 68.8 Å². The molecular formula is C32H34F3N5O2. The summed E-state index contributed by atoms with van der Waals surface area (Å²) in [5.41, 5.74) is 3.51. The van der Waals surface area contributed by atoms with Crippen LogP contribution in [0, 0.1) is 13.8 Å². The molecule has 1 heterocycles. The zero-order chi connectivity index (χ0) is 30.7. The van der Waals surface area contributed by atoms with Crippen LogP contribution < -0.4 is 10.6 Å². The number of nitrogens with zero attached hydrogens (tertiary/aromatic N) is 3. The Morgan fingerprint density at radius 1 is 0.881 bits per heavy atom. The first-order chi connectivity index (χ1) is 19.7. The van der Waals surface area contributed by atoms with Crippen LogP contribution in [0.15, 0.2) is 78.9 Å². The van der Waals surface area contributed by atoms with Crippen LogP contribution >= 0.6 is 0 Å². The molecule has 3 aromatic carbocycles. The van der Waals surface area contributed by atoms with Crippen LogP contribution in [0.2, 0.25) is 0 Å². The summed E-state index contributed by atoms with van der Waals surface area (Å²) in [4.78, 5) is 28.0. The van der Waals surface area contributed by atoms with Gasteiger partial charge in [0.2, 0.25) is 5.91 Å². The third kappa shape index (κ3) is 7.57. The van der Waals surface area contributed by atoms with E-state index in [0.717, 1.165) is 40.2 Å². The fourth-order valence-corrected chi connectivity index (χ4v) is 4.37. The van der Waals surface area contributed by atoms with E-state index in [1.807, 2.05) is 89.2 Å². The number of anilines is 2. The number of hydrogen-bond acceptors (Lipinski definition) is 3. The van der Waals surface area contributed by atoms with E-state index in [2.05, 4.69) is 10.6 Å². The second kappa shape index (κ2) is 12.1. The predicted molar refractivity (Wildman–Crippen MR) is 158 cm³/mol. The van der Waals surface area contributed by atoms with Crippen molar-refractivity contribution in [1.29, 1.82) is 0 Å². The summed E-state index contributed by atoms with van der Waals surface area (Å²) in [5.74, 6) is -0.000406. The molecule has 0 atom stereocenters. The summed E-state index contributed by atoms with van der Waals surface area (Å²) in [6.07, 6.45) is -4.49. The summed E-state index contributed by atoms with van der Waals surface area (Å²) in [5, 5.41) is 10.3. The van der Waals surface area contributed by atoms with Crippen molar-refractivity contribution in [1.82, 2.24) is 14.7 Å². The highest BCUT2D eigenvalue weighted by atomic mass is 19.4. The maximum atomic E-state index is 13.4. The monoisotopic (exact) mass is 577 g/mol. The van der Waals surface area contributed by atoms with Crippen molar-refractivity contribution in [2.45, 2.75) is 52.8 Å². The molecule has 0 aliphatic rings. The van der Waals surface area contributed by atoms with E-state index in [1.54, 1.807) is 4.68 Å². The maximum Gasteiger partial charge on any atom is 0.416 e. The molecule has 0 bridgehead atoms. The molecule has 0 fully saturated rings. The lowest BCUT2D eigenvalue weighted by Crippen LogP contribution is -2.40. The van der Waals surface area contributed by atoms with Crippen LogP contribution in [0.25, 0.3) is 5.69 Å². The van der Waals surface area contributed by atoms with Crippen molar-refractivity contribution in [2.24, 2.45) is 0 Å². The average molecular weight is 578 g/mol. The van der Waals surface area contributed by atoms with Gasteiger partial charge in [-0.2, -0.15) is 18.3 Å². The fraction of sp³-hybridized carbons (Fsp3) is 0.281. The minimum atomic E-state index is -4.49. The van der Waals surface area contributed by atoms with Gasteiger partial charge in [0.15, 0.2) is 0 Å². The van der Waals surface area contributed by atoms with Crippen molar-refractivity contribution >= 4 is 23.4 Å². The Labute approximate surface area is 243 Å². The van der Waals surface area contributed by atoms with E-state index >= 15 is 0 Å². The van der Waals surface area contributed by atoms with E-state index in [4.69, 9.17) is 5.10 Å². The SMILES string of the molecule is Cc1ccc(-n2nc(C(C)(C)C)cc2NC(=O)CN(Cc2ccccc2)C(=O)Nc2ccc(C(F)(F)F)cc2)c(C)c1. The zero-order valence-electron chi connectivity index (χ0n) is 24.2. The molecule has 3 amide bonds. The molecular weight excluding hydrogens is 543 g/mol. The standard InChI is InChI=1S/C32H34F3N5O2/c1-21-11-16-26(22(2)17-21)40-28(18-27(38-40)31(3,4)5)37-29(41)20-39(19-23-9-7-6-8-10-23)30(42)36-25-14-12-24(13-15-25)32(33,34)35/h6-18H,19-20H2,1-5H3,(H,36,42)(H,37,41). The number of rotatable bonds is 7. The number of urea groups is 1. The topological polar surface area (TPSA) is 79.3 Å². The van der Waals surface area contributed by atoms with Crippen LogP contribution in [0.4, 0.5) is 29.5 Å². The van der Waals surface area contributed by atoms with Gasteiger partial charge in [0.1, 0.15) is 12.4 Å². The van der Waals surface area contributed by atoms with Crippen molar-refractivity contribution in [3.63, 3.8) is 0 Å². The average Bonchev–Trinajstić information content (AvgIpc) is 3.32. The van der Waals surface area contributed by atoms with Gasteiger partial charge in [0.05, 0.1) is 16.9 Å². The molecule has 0 saturated carbocycles. The molecule has 0 unspecified atom stereocenters. The van der Waals surface area contributed by atoms with Crippen LogP contribution in [-0.2, 0) is 22.9 Å². The lowest BCUT2D eigenvalue weighted by molar-refractivity contribution is -0.137. The van der Waals surface area contributed by atoms with Gasteiger partial charge in [-0.05, 0) is 55.3 Å². The first kappa shape index (κ1) is 30.4. The largest absolute Gasteiger partial charge is 0.416 e. The molecule has 0 spiro atoms. The maximum absolute atomic E-state index is 13.4. The van der Waals surface area contributed by atoms with Crippen LogP contribution in [0.5, 0.6) is 0 Å². The van der Waals surface area contributed by atoms with Gasteiger partial charge in [-0.15, -0.1) is 0 Å². The highest BCUT2D eigenvalue weighted by molar-refractivity contribution is 5.96. The Bertz CT molecular complexity index is 1560. The second-order valence-corrected chi connectivity index (χ2v) is 11.3. The Morgan fingerprint density at radius 2 is 1.55 bits per heavy atom. The molecule has 220 valence electrons. The summed E-state index contributed by atoms with van der Waals surface area (Å²) in [6.45, 7) is 9.84. The molecule has 0 aliphatic heterocycles. The second-order valence-electron chi connectivity index (χ2n) is 11.3. The summed E-state index contributed by atoms with van der Waals surface area (Å²) < 4.78 is 40.6. The number of hydrogen-bond donors (Lipinski definition) is 2. The number of nitrogens with one attached hydrogen (secondary N) is 2. The number of aromatic nitrogens is 2. The fourth-order valence-electron chi connectivity index (χ4n) is 4.37. The van der Waals surface area contributed by atoms with Gasteiger partial charge in [-0.3, -0.25) is 4.79 Å². The first-order valence-corrected chi connectivity index (χ1v) is 13.5. The number of benzene rings is 3. The molecule has 0 radical (unpaired) electrons. The lowest BCUT2D eigenvalue weighted by Gasteiger charge is -2.23. The van der Waals surface area contributed by atoms with E-state index < -0.39 is 23.7 Å². The van der Waals surface area contributed by atoms with E-state index in [1.165, 1.54) is 17.0 Å². The van der Waals surface area contributed by atoms with Gasteiger partial charge >= 0.3 is 12.2 Å². The third-order valence-corrected chi connectivity index (χ3v) is 6.63. The molecule has 0 saturated heterocycles. The molecule has 4 aromatic rings. The molecule has 4 rings (SSSR count). The Morgan fingerprint density at radius 3 is 2.14 bits per heavy atom. The summed E-state index contributed by atoms with van der Waals surface area (Å²) in [6, 6.07) is 20.4. The Balaban J connectivity index is 1.58. The Kier molecular flexibility index (Phi) is 8.75. The van der Waals surface area contributed by atoms with Gasteiger partial charge < -0.3 is 15.5 Å². The third-order valence-electron chi connectivity index (χ3n) is 6.63. The number of alkyl halides is 3. The van der Waals surface area contributed by atoms with E-state index in [0.29, 0.717) is 5.82 Å². The lowest BCUT2D eigenvalue weighted by atomic mass is 9.92. The molecule has 10 heteroatoms. The number of aryl methyl sites for hydroxylation is 2. The normalized spacial score (nSPS) is 11.7. The van der Waals surface area contributed by atoms with Crippen LogP contribution in [-0.4, -0.2) is 33.2 Å². The number of carbonyl (C=O) groups excluding carboxylic acids is 2. The first-order valence-electron chi connectivity index (χ1n) is 13.5. The van der Waals surface area contributed by atoms with Crippen LogP contribution in [0.1, 0.15) is 48.7 Å². The number of amides is 3. The van der Waals surface area contributed by atoms with E-state index in [9.17, 15) is 22.8 Å². The predicted octanol–water partition coefficient (Wildman–Crippen LogP) is 7.48. The van der Waals surface area contributed by atoms with Crippen molar-refractivity contribution in [2.75, 3.05) is 17.2 Å².